The molecule has 3 aromatic carbocycles. The summed E-state index contributed by atoms with van der Waals surface area (Å²) in [5.74, 6) is -1.16. The van der Waals surface area contributed by atoms with Crippen LogP contribution in [0.3, 0.4) is 0 Å². The van der Waals surface area contributed by atoms with Gasteiger partial charge in [-0.3, -0.25) is 19.3 Å². The molecule has 0 saturated carbocycles. The monoisotopic (exact) mass is 458 g/mol. The highest BCUT2D eigenvalue weighted by molar-refractivity contribution is 6.21. The standard InChI is InChI=1S/C25H18N2O7/c28-22(26-17-7-9-20-21(11-17)34-14-33-20)13-32-25(31)16-6-8-18-19(10-16)24(30)27(23(18)29)12-15-4-2-1-3-5-15/h1-11H,12-14H2,(H,26,28). The molecule has 3 aromatic rings. The highest BCUT2D eigenvalue weighted by atomic mass is 16.7. The van der Waals surface area contributed by atoms with Gasteiger partial charge >= 0.3 is 5.97 Å². The van der Waals surface area contributed by atoms with E-state index in [4.69, 9.17) is 14.2 Å². The third-order valence-corrected chi connectivity index (χ3v) is 5.38. The summed E-state index contributed by atoms with van der Waals surface area (Å²) in [6, 6.07) is 18.2. The smallest absolute Gasteiger partial charge is 0.338 e. The first-order valence-corrected chi connectivity index (χ1v) is 10.4. The molecule has 1 N–H and O–H groups in total. The fourth-order valence-electron chi connectivity index (χ4n) is 3.71. The summed E-state index contributed by atoms with van der Waals surface area (Å²) in [6.45, 7) is -0.284. The van der Waals surface area contributed by atoms with E-state index in [1.807, 2.05) is 30.3 Å². The number of benzene rings is 3. The fraction of sp³-hybridized carbons (Fsp3) is 0.120. The Morgan fingerprint density at radius 2 is 1.65 bits per heavy atom. The lowest BCUT2D eigenvalue weighted by Crippen LogP contribution is -2.29. The van der Waals surface area contributed by atoms with Crippen LogP contribution in [-0.4, -0.2) is 42.0 Å². The summed E-state index contributed by atoms with van der Waals surface area (Å²) in [4.78, 5) is 51.3. The van der Waals surface area contributed by atoms with E-state index >= 15 is 0 Å². The molecule has 9 nitrogen and oxygen atoms in total. The Hall–Kier alpha value is -4.66. The van der Waals surface area contributed by atoms with Gasteiger partial charge < -0.3 is 19.5 Å². The highest BCUT2D eigenvalue weighted by Gasteiger charge is 2.36. The van der Waals surface area contributed by atoms with Gasteiger partial charge in [0.05, 0.1) is 23.2 Å². The van der Waals surface area contributed by atoms with Crippen LogP contribution in [0, 0.1) is 0 Å². The lowest BCUT2D eigenvalue weighted by atomic mass is 10.1. The first-order chi connectivity index (χ1) is 16.5. The molecule has 2 aliphatic rings. The van der Waals surface area contributed by atoms with Crippen molar-refractivity contribution in [1.29, 1.82) is 0 Å². The van der Waals surface area contributed by atoms with Crippen LogP contribution in [0.25, 0.3) is 0 Å². The van der Waals surface area contributed by atoms with E-state index in [0.29, 0.717) is 17.2 Å². The Kier molecular flexibility index (Phi) is 5.43. The van der Waals surface area contributed by atoms with Crippen molar-refractivity contribution < 1.29 is 33.4 Å². The molecule has 0 unspecified atom stereocenters. The molecule has 9 heteroatoms. The molecule has 0 aromatic heterocycles. The minimum absolute atomic E-state index is 0.0670. The lowest BCUT2D eigenvalue weighted by molar-refractivity contribution is -0.119. The zero-order chi connectivity index (χ0) is 23.7. The number of amides is 3. The van der Waals surface area contributed by atoms with E-state index in [1.54, 1.807) is 18.2 Å². The number of nitrogens with one attached hydrogen (secondary N) is 1. The maximum Gasteiger partial charge on any atom is 0.338 e. The number of hydrogen-bond donors (Lipinski definition) is 1. The second kappa shape index (κ2) is 8.70. The van der Waals surface area contributed by atoms with Crippen LogP contribution in [0.2, 0.25) is 0 Å². The van der Waals surface area contributed by atoms with Crippen LogP contribution in [0.4, 0.5) is 5.69 Å². The Morgan fingerprint density at radius 1 is 0.882 bits per heavy atom. The van der Waals surface area contributed by atoms with Crippen molar-refractivity contribution in [1.82, 2.24) is 4.90 Å². The Balaban J connectivity index is 1.22. The molecule has 0 radical (unpaired) electrons. The quantitative estimate of drug-likeness (QED) is 0.446. The number of anilines is 1. The lowest BCUT2D eigenvalue weighted by Gasteiger charge is -2.13. The van der Waals surface area contributed by atoms with Crippen molar-refractivity contribution in [2.45, 2.75) is 6.54 Å². The normalized spacial score (nSPS) is 13.6. The molecule has 0 spiro atoms. The molecular formula is C25H18N2O7. The van der Waals surface area contributed by atoms with Crippen LogP contribution < -0.4 is 14.8 Å². The molecule has 2 aliphatic heterocycles. The number of carbonyl (C=O) groups is 4. The van der Waals surface area contributed by atoms with Gasteiger partial charge in [-0.15, -0.1) is 0 Å². The van der Waals surface area contributed by atoms with Gasteiger partial charge in [-0.1, -0.05) is 30.3 Å². The minimum atomic E-state index is -0.787. The average molecular weight is 458 g/mol. The number of nitrogens with zero attached hydrogens (tertiary/aromatic N) is 1. The topological polar surface area (TPSA) is 111 Å². The van der Waals surface area contributed by atoms with E-state index in [1.165, 1.54) is 18.2 Å². The average Bonchev–Trinajstić information content (AvgIpc) is 3.41. The number of rotatable bonds is 6. The predicted molar refractivity (Wildman–Crippen MR) is 119 cm³/mol. The molecule has 0 fully saturated rings. The Bertz CT molecular complexity index is 1320. The maximum atomic E-state index is 12.8. The van der Waals surface area contributed by atoms with Crippen molar-refractivity contribution in [3.63, 3.8) is 0 Å². The van der Waals surface area contributed by atoms with Gasteiger partial charge in [-0.2, -0.15) is 0 Å². The Labute approximate surface area is 193 Å². The highest BCUT2D eigenvalue weighted by Crippen LogP contribution is 2.34. The van der Waals surface area contributed by atoms with E-state index < -0.39 is 30.3 Å². The van der Waals surface area contributed by atoms with Gasteiger partial charge in [0.2, 0.25) is 6.79 Å². The first kappa shape index (κ1) is 21.2. The predicted octanol–water partition coefficient (Wildman–Crippen LogP) is 3.01. The molecule has 0 saturated heterocycles. The van der Waals surface area contributed by atoms with Crippen LogP contribution in [0.1, 0.15) is 36.6 Å². The van der Waals surface area contributed by atoms with Crippen molar-refractivity contribution in [3.05, 3.63) is 89.0 Å². The largest absolute Gasteiger partial charge is 0.454 e. The zero-order valence-corrected chi connectivity index (χ0v) is 17.8. The van der Waals surface area contributed by atoms with E-state index in [-0.39, 0.29) is 30.0 Å². The number of hydrogen-bond acceptors (Lipinski definition) is 7. The molecule has 3 amide bonds. The van der Waals surface area contributed by atoms with Gasteiger partial charge in [0.15, 0.2) is 18.1 Å². The van der Waals surface area contributed by atoms with Crippen LogP contribution >= 0.6 is 0 Å². The molecule has 34 heavy (non-hydrogen) atoms. The van der Waals surface area contributed by atoms with Crippen molar-refractivity contribution >= 4 is 29.4 Å². The summed E-state index contributed by atoms with van der Waals surface area (Å²) in [6.07, 6.45) is 0. The number of esters is 1. The van der Waals surface area contributed by atoms with Gasteiger partial charge in [0, 0.05) is 11.8 Å². The number of imide groups is 1. The van der Waals surface area contributed by atoms with Crippen LogP contribution in [0.15, 0.2) is 66.7 Å². The molecule has 5 rings (SSSR count). The van der Waals surface area contributed by atoms with E-state index in [9.17, 15) is 19.2 Å². The third kappa shape index (κ3) is 4.06. The molecule has 2 heterocycles. The minimum Gasteiger partial charge on any atom is -0.454 e. The maximum absolute atomic E-state index is 12.8. The molecule has 0 atom stereocenters. The Morgan fingerprint density at radius 3 is 2.47 bits per heavy atom. The number of fused-ring (bicyclic) bond motifs is 2. The van der Waals surface area contributed by atoms with Gasteiger partial charge in [0.25, 0.3) is 17.7 Å². The van der Waals surface area contributed by atoms with Crippen molar-refractivity contribution in [3.8, 4) is 11.5 Å². The summed E-state index contributed by atoms with van der Waals surface area (Å²) in [7, 11) is 0. The van der Waals surface area contributed by atoms with Crippen LogP contribution in [-0.2, 0) is 16.1 Å². The van der Waals surface area contributed by atoms with Gasteiger partial charge in [-0.05, 0) is 35.9 Å². The number of carbonyl (C=O) groups excluding carboxylic acids is 4. The third-order valence-electron chi connectivity index (χ3n) is 5.38. The van der Waals surface area contributed by atoms with E-state index in [0.717, 1.165) is 10.5 Å². The molecule has 0 aliphatic carbocycles. The summed E-state index contributed by atoms with van der Waals surface area (Å²) < 4.78 is 15.6. The van der Waals surface area contributed by atoms with Crippen LogP contribution in [0.5, 0.6) is 11.5 Å². The summed E-state index contributed by atoms with van der Waals surface area (Å²) >= 11 is 0. The first-order valence-electron chi connectivity index (χ1n) is 10.4. The van der Waals surface area contributed by atoms with Crippen molar-refractivity contribution in [2.24, 2.45) is 0 Å². The van der Waals surface area contributed by atoms with E-state index in [2.05, 4.69) is 5.32 Å². The second-order valence-electron chi connectivity index (χ2n) is 7.63. The van der Waals surface area contributed by atoms with Gasteiger partial charge in [0.1, 0.15) is 0 Å². The SMILES string of the molecule is O=C(COC(=O)c1ccc2c(c1)C(=O)N(Cc1ccccc1)C2=O)Nc1ccc2c(c1)OCO2. The fourth-order valence-corrected chi connectivity index (χ4v) is 3.71. The summed E-state index contributed by atoms with van der Waals surface area (Å²) in [5.41, 5.74) is 1.69. The number of ether oxygens (including phenoxy) is 3. The van der Waals surface area contributed by atoms with Crippen molar-refractivity contribution in [2.75, 3.05) is 18.7 Å². The zero-order valence-electron chi connectivity index (χ0n) is 17.8. The molecular weight excluding hydrogens is 440 g/mol. The molecule has 170 valence electrons. The molecule has 0 bridgehead atoms. The second-order valence-corrected chi connectivity index (χ2v) is 7.63. The summed E-state index contributed by atoms with van der Waals surface area (Å²) in [5, 5.41) is 2.60. The van der Waals surface area contributed by atoms with Gasteiger partial charge in [-0.25, -0.2) is 4.79 Å².